The molecular formula is C11H13BrN4. The van der Waals surface area contributed by atoms with Crippen LogP contribution in [0.25, 0.3) is 0 Å². The van der Waals surface area contributed by atoms with Crippen molar-refractivity contribution < 1.29 is 0 Å². The lowest BCUT2D eigenvalue weighted by molar-refractivity contribution is 0.669. The number of rotatable bonds is 3. The summed E-state index contributed by atoms with van der Waals surface area (Å²) in [6.07, 6.45) is 5.64. The maximum atomic E-state index is 4.39. The lowest BCUT2D eigenvalue weighted by Crippen LogP contribution is -2.18. The lowest BCUT2D eigenvalue weighted by atomic mass is 10.1. The zero-order chi connectivity index (χ0) is 11.5. The van der Waals surface area contributed by atoms with Crippen LogP contribution in [0.1, 0.15) is 17.3 Å². The SMILES string of the molecule is CNC(c1cnn(C)c1)c1ccc(Br)cn1. The van der Waals surface area contributed by atoms with Crippen LogP contribution in [0.4, 0.5) is 0 Å². The van der Waals surface area contributed by atoms with Crippen LogP contribution < -0.4 is 5.32 Å². The van der Waals surface area contributed by atoms with Crippen molar-refractivity contribution in [3.63, 3.8) is 0 Å². The van der Waals surface area contributed by atoms with Crippen molar-refractivity contribution in [2.24, 2.45) is 7.05 Å². The molecule has 0 saturated carbocycles. The van der Waals surface area contributed by atoms with E-state index in [-0.39, 0.29) is 6.04 Å². The van der Waals surface area contributed by atoms with Gasteiger partial charge in [-0.2, -0.15) is 5.10 Å². The van der Waals surface area contributed by atoms with E-state index in [1.807, 2.05) is 38.6 Å². The minimum absolute atomic E-state index is 0.0850. The van der Waals surface area contributed by atoms with E-state index >= 15 is 0 Å². The molecule has 16 heavy (non-hydrogen) atoms. The van der Waals surface area contributed by atoms with Gasteiger partial charge in [-0.1, -0.05) is 0 Å². The first-order valence-electron chi connectivity index (χ1n) is 4.98. The van der Waals surface area contributed by atoms with Crippen LogP contribution in [0.15, 0.2) is 35.2 Å². The Morgan fingerprint density at radius 3 is 2.69 bits per heavy atom. The Hall–Kier alpha value is -1.20. The molecule has 0 amide bonds. The van der Waals surface area contributed by atoms with Gasteiger partial charge in [0.25, 0.3) is 0 Å². The molecule has 0 aromatic carbocycles. The monoisotopic (exact) mass is 280 g/mol. The van der Waals surface area contributed by atoms with Crippen molar-refractivity contribution in [3.8, 4) is 0 Å². The molecule has 1 atom stereocenters. The third-order valence-electron chi connectivity index (χ3n) is 2.39. The van der Waals surface area contributed by atoms with E-state index in [0.29, 0.717) is 0 Å². The van der Waals surface area contributed by atoms with E-state index in [1.54, 1.807) is 10.9 Å². The summed E-state index contributed by atoms with van der Waals surface area (Å²) in [7, 11) is 3.83. The van der Waals surface area contributed by atoms with Crippen LogP contribution in [0, 0.1) is 0 Å². The van der Waals surface area contributed by atoms with Crippen molar-refractivity contribution in [2.75, 3.05) is 7.05 Å². The molecule has 0 bridgehead atoms. The van der Waals surface area contributed by atoms with Crippen molar-refractivity contribution in [2.45, 2.75) is 6.04 Å². The molecule has 0 radical (unpaired) electrons. The second-order valence-electron chi connectivity index (χ2n) is 3.57. The Morgan fingerprint density at radius 1 is 1.38 bits per heavy atom. The average Bonchev–Trinajstić information content (AvgIpc) is 2.69. The summed E-state index contributed by atoms with van der Waals surface area (Å²) >= 11 is 3.38. The first kappa shape index (κ1) is 11.3. The van der Waals surface area contributed by atoms with Gasteiger partial charge in [-0.25, -0.2) is 0 Å². The number of pyridine rings is 1. The van der Waals surface area contributed by atoms with Gasteiger partial charge >= 0.3 is 0 Å². The molecule has 2 aromatic heterocycles. The van der Waals surface area contributed by atoms with Crippen LogP contribution in [0.2, 0.25) is 0 Å². The topological polar surface area (TPSA) is 42.7 Å². The smallest absolute Gasteiger partial charge is 0.0779 e. The summed E-state index contributed by atoms with van der Waals surface area (Å²) in [5, 5.41) is 7.40. The molecule has 2 rings (SSSR count). The van der Waals surface area contributed by atoms with Gasteiger partial charge in [0.2, 0.25) is 0 Å². The van der Waals surface area contributed by atoms with Gasteiger partial charge in [-0.15, -0.1) is 0 Å². The number of aromatic nitrogens is 3. The lowest BCUT2D eigenvalue weighted by Gasteiger charge is -2.13. The van der Waals surface area contributed by atoms with Gasteiger partial charge in [-0.3, -0.25) is 9.67 Å². The van der Waals surface area contributed by atoms with Crippen LogP contribution in [0.5, 0.6) is 0 Å². The second kappa shape index (κ2) is 4.76. The fourth-order valence-electron chi connectivity index (χ4n) is 1.63. The molecule has 2 aromatic rings. The standard InChI is InChI=1S/C11H13BrN4/c1-13-11(8-5-15-16(2)7-8)10-4-3-9(12)6-14-10/h3-7,11,13H,1-2H3. The Balaban J connectivity index is 2.32. The molecule has 0 aliphatic rings. The quantitative estimate of drug-likeness (QED) is 0.934. The average molecular weight is 281 g/mol. The fraction of sp³-hybridized carbons (Fsp3) is 0.273. The summed E-state index contributed by atoms with van der Waals surface area (Å²) in [4.78, 5) is 4.39. The molecule has 0 saturated heterocycles. The van der Waals surface area contributed by atoms with Gasteiger partial charge < -0.3 is 5.32 Å². The molecule has 4 nitrogen and oxygen atoms in total. The van der Waals surface area contributed by atoms with E-state index in [0.717, 1.165) is 15.7 Å². The molecule has 1 N–H and O–H groups in total. The zero-order valence-electron chi connectivity index (χ0n) is 9.18. The number of nitrogens with one attached hydrogen (secondary N) is 1. The Labute approximate surface area is 103 Å². The highest BCUT2D eigenvalue weighted by molar-refractivity contribution is 9.10. The zero-order valence-corrected chi connectivity index (χ0v) is 10.8. The van der Waals surface area contributed by atoms with Gasteiger partial charge in [0, 0.05) is 29.5 Å². The second-order valence-corrected chi connectivity index (χ2v) is 4.49. The molecule has 2 heterocycles. The molecule has 84 valence electrons. The van der Waals surface area contributed by atoms with E-state index in [9.17, 15) is 0 Å². The number of nitrogens with zero attached hydrogens (tertiary/aromatic N) is 3. The number of halogens is 1. The van der Waals surface area contributed by atoms with Gasteiger partial charge in [0.15, 0.2) is 0 Å². The molecule has 0 aliphatic carbocycles. The van der Waals surface area contributed by atoms with E-state index in [2.05, 4.69) is 31.3 Å². The third-order valence-corrected chi connectivity index (χ3v) is 2.86. The Kier molecular flexibility index (Phi) is 3.36. The molecule has 5 heteroatoms. The van der Waals surface area contributed by atoms with Gasteiger partial charge in [-0.05, 0) is 35.1 Å². The van der Waals surface area contributed by atoms with Gasteiger partial charge in [0.05, 0.1) is 17.9 Å². The molecule has 1 unspecified atom stereocenters. The summed E-state index contributed by atoms with van der Waals surface area (Å²) in [6.45, 7) is 0. The van der Waals surface area contributed by atoms with Gasteiger partial charge in [0.1, 0.15) is 0 Å². The number of hydrogen-bond donors (Lipinski definition) is 1. The fourth-order valence-corrected chi connectivity index (χ4v) is 1.87. The van der Waals surface area contributed by atoms with Crippen molar-refractivity contribution >= 4 is 15.9 Å². The largest absolute Gasteiger partial charge is 0.308 e. The van der Waals surface area contributed by atoms with Crippen molar-refractivity contribution in [1.29, 1.82) is 0 Å². The van der Waals surface area contributed by atoms with E-state index < -0.39 is 0 Å². The first-order chi connectivity index (χ1) is 7.70. The summed E-state index contributed by atoms with van der Waals surface area (Å²) in [6, 6.07) is 4.07. The van der Waals surface area contributed by atoms with Crippen LogP contribution in [-0.2, 0) is 7.05 Å². The highest BCUT2D eigenvalue weighted by Gasteiger charge is 2.14. The molecular weight excluding hydrogens is 268 g/mol. The molecule has 0 aliphatic heterocycles. The Morgan fingerprint density at radius 2 is 2.19 bits per heavy atom. The summed E-state index contributed by atoms with van der Waals surface area (Å²) < 4.78 is 2.77. The Bertz CT molecular complexity index is 463. The minimum Gasteiger partial charge on any atom is -0.308 e. The number of hydrogen-bond acceptors (Lipinski definition) is 3. The van der Waals surface area contributed by atoms with Crippen LogP contribution in [-0.4, -0.2) is 21.8 Å². The number of aryl methyl sites for hydroxylation is 1. The predicted molar refractivity (Wildman–Crippen MR) is 66.0 cm³/mol. The maximum Gasteiger partial charge on any atom is 0.0779 e. The maximum absolute atomic E-state index is 4.39. The van der Waals surface area contributed by atoms with E-state index in [1.165, 1.54) is 0 Å². The van der Waals surface area contributed by atoms with Crippen molar-refractivity contribution in [3.05, 3.63) is 46.5 Å². The predicted octanol–water partition coefficient (Wildman–Crippen LogP) is 1.89. The highest BCUT2D eigenvalue weighted by Crippen LogP contribution is 2.20. The first-order valence-corrected chi connectivity index (χ1v) is 5.77. The van der Waals surface area contributed by atoms with E-state index in [4.69, 9.17) is 0 Å². The third kappa shape index (κ3) is 2.31. The van der Waals surface area contributed by atoms with Crippen LogP contribution in [0.3, 0.4) is 0 Å². The minimum atomic E-state index is 0.0850. The highest BCUT2D eigenvalue weighted by atomic mass is 79.9. The van der Waals surface area contributed by atoms with Crippen molar-refractivity contribution in [1.82, 2.24) is 20.1 Å². The summed E-state index contributed by atoms with van der Waals surface area (Å²) in [5.74, 6) is 0. The summed E-state index contributed by atoms with van der Waals surface area (Å²) in [5.41, 5.74) is 2.10. The normalized spacial score (nSPS) is 12.7. The molecule has 0 spiro atoms. The van der Waals surface area contributed by atoms with Crippen LogP contribution >= 0.6 is 15.9 Å². The molecule has 0 fully saturated rings.